The fourth-order valence-electron chi connectivity index (χ4n) is 2.14. The summed E-state index contributed by atoms with van der Waals surface area (Å²) in [5.74, 6) is -0.274. The summed E-state index contributed by atoms with van der Waals surface area (Å²) in [5.41, 5.74) is 0.508. The van der Waals surface area contributed by atoms with E-state index < -0.39 is 10.3 Å². The van der Waals surface area contributed by atoms with E-state index in [1.54, 1.807) is 19.1 Å². The van der Waals surface area contributed by atoms with E-state index in [-0.39, 0.29) is 18.1 Å². The molecule has 1 fully saturated rings. The normalized spacial score (nSPS) is 16.5. The van der Waals surface area contributed by atoms with Crippen molar-refractivity contribution in [1.29, 1.82) is 0 Å². The van der Waals surface area contributed by atoms with Crippen LogP contribution in [0.15, 0.2) is 24.3 Å². The van der Waals surface area contributed by atoms with Crippen molar-refractivity contribution in [2.45, 2.75) is 18.8 Å². The Balaban J connectivity index is 2.16. The van der Waals surface area contributed by atoms with Gasteiger partial charge in [0, 0.05) is 12.1 Å². The lowest BCUT2D eigenvalue weighted by Crippen LogP contribution is -2.48. The zero-order chi connectivity index (χ0) is 13.9. The van der Waals surface area contributed by atoms with Crippen LogP contribution in [0.5, 0.6) is 0 Å². The molecular weight excluding hydrogens is 250 g/mol. The standard InChI is InChI=1S/C13H15NO5/c1-2-19-12(15)7-13(8-18-9-13)10-3-5-11(6-4-10)14(16)17/h3-6H,2,7-9H2,1H3. The van der Waals surface area contributed by atoms with Crippen molar-refractivity contribution in [2.24, 2.45) is 0 Å². The van der Waals surface area contributed by atoms with Crippen molar-refractivity contribution >= 4 is 11.7 Å². The molecule has 102 valence electrons. The number of carbonyl (C=O) groups is 1. The molecule has 6 heteroatoms. The first kappa shape index (κ1) is 13.5. The van der Waals surface area contributed by atoms with E-state index in [0.717, 1.165) is 5.56 Å². The van der Waals surface area contributed by atoms with Gasteiger partial charge in [-0.3, -0.25) is 14.9 Å². The third kappa shape index (κ3) is 2.73. The van der Waals surface area contributed by atoms with Crippen molar-refractivity contribution in [3.05, 3.63) is 39.9 Å². The number of nitrogens with zero attached hydrogens (tertiary/aromatic N) is 1. The number of hydrogen-bond acceptors (Lipinski definition) is 5. The molecule has 1 aromatic rings. The highest BCUT2D eigenvalue weighted by atomic mass is 16.6. The summed E-state index contributed by atoms with van der Waals surface area (Å²) in [4.78, 5) is 21.8. The maximum absolute atomic E-state index is 11.6. The van der Waals surface area contributed by atoms with E-state index in [2.05, 4.69) is 0 Å². The van der Waals surface area contributed by atoms with E-state index in [4.69, 9.17) is 9.47 Å². The Morgan fingerprint density at radius 1 is 1.42 bits per heavy atom. The summed E-state index contributed by atoms with van der Waals surface area (Å²) >= 11 is 0. The van der Waals surface area contributed by atoms with Gasteiger partial charge < -0.3 is 9.47 Å². The van der Waals surface area contributed by atoms with Gasteiger partial charge in [-0.05, 0) is 12.5 Å². The Labute approximate surface area is 110 Å². The Hall–Kier alpha value is -1.95. The van der Waals surface area contributed by atoms with Crippen molar-refractivity contribution in [2.75, 3.05) is 19.8 Å². The minimum atomic E-state index is -0.445. The van der Waals surface area contributed by atoms with Crippen LogP contribution in [0, 0.1) is 10.1 Å². The van der Waals surface area contributed by atoms with Gasteiger partial charge in [0.2, 0.25) is 0 Å². The summed E-state index contributed by atoms with van der Waals surface area (Å²) in [7, 11) is 0. The fraction of sp³-hybridized carbons (Fsp3) is 0.462. The molecule has 1 heterocycles. The van der Waals surface area contributed by atoms with Gasteiger partial charge in [0.25, 0.3) is 5.69 Å². The molecule has 19 heavy (non-hydrogen) atoms. The van der Waals surface area contributed by atoms with Gasteiger partial charge in [-0.25, -0.2) is 0 Å². The molecule has 6 nitrogen and oxygen atoms in total. The van der Waals surface area contributed by atoms with Crippen LogP contribution in [0.25, 0.3) is 0 Å². The number of nitro benzene ring substituents is 1. The quantitative estimate of drug-likeness (QED) is 0.461. The predicted molar refractivity (Wildman–Crippen MR) is 66.8 cm³/mol. The molecule has 2 rings (SSSR count). The summed E-state index contributed by atoms with van der Waals surface area (Å²) in [5, 5.41) is 10.6. The smallest absolute Gasteiger partial charge is 0.306 e. The van der Waals surface area contributed by atoms with Crippen LogP contribution in [0.4, 0.5) is 5.69 Å². The molecule has 1 aliphatic rings. The molecule has 1 aliphatic heterocycles. The number of hydrogen-bond donors (Lipinski definition) is 0. The van der Waals surface area contributed by atoms with Gasteiger partial charge >= 0.3 is 5.97 Å². The Morgan fingerprint density at radius 2 is 2.05 bits per heavy atom. The minimum absolute atomic E-state index is 0.0373. The summed E-state index contributed by atoms with van der Waals surface area (Å²) in [6.45, 7) is 2.97. The molecule has 0 spiro atoms. The van der Waals surface area contributed by atoms with Crippen molar-refractivity contribution < 1.29 is 19.2 Å². The van der Waals surface area contributed by atoms with Crippen molar-refractivity contribution in [1.82, 2.24) is 0 Å². The zero-order valence-electron chi connectivity index (χ0n) is 10.6. The molecule has 0 bridgehead atoms. The maximum Gasteiger partial charge on any atom is 0.306 e. The van der Waals surface area contributed by atoms with Crippen molar-refractivity contribution in [3.8, 4) is 0 Å². The van der Waals surface area contributed by atoms with Crippen LogP contribution >= 0.6 is 0 Å². The predicted octanol–water partition coefficient (Wildman–Crippen LogP) is 1.82. The molecule has 0 unspecified atom stereocenters. The first-order valence-electron chi connectivity index (χ1n) is 6.06. The molecule has 0 aliphatic carbocycles. The first-order chi connectivity index (χ1) is 9.07. The third-order valence-electron chi connectivity index (χ3n) is 3.24. The number of esters is 1. The van der Waals surface area contributed by atoms with Crippen LogP contribution < -0.4 is 0 Å². The lowest BCUT2D eigenvalue weighted by atomic mass is 9.76. The van der Waals surface area contributed by atoms with Crippen LogP contribution in [0.2, 0.25) is 0 Å². The minimum Gasteiger partial charge on any atom is -0.466 e. The third-order valence-corrected chi connectivity index (χ3v) is 3.24. The highest BCUT2D eigenvalue weighted by Crippen LogP contribution is 2.36. The van der Waals surface area contributed by atoms with Gasteiger partial charge in [-0.1, -0.05) is 12.1 Å². The number of non-ortho nitro benzene ring substituents is 1. The van der Waals surface area contributed by atoms with Gasteiger partial charge in [-0.15, -0.1) is 0 Å². The van der Waals surface area contributed by atoms with Crippen molar-refractivity contribution in [3.63, 3.8) is 0 Å². The van der Waals surface area contributed by atoms with Gasteiger partial charge in [-0.2, -0.15) is 0 Å². The van der Waals surface area contributed by atoms with E-state index in [0.29, 0.717) is 19.8 Å². The van der Waals surface area contributed by atoms with Crippen LogP contribution in [-0.2, 0) is 19.7 Å². The second-order valence-corrected chi connectivity index (χ2v) is 4.56. The summed E-state index contributed by atoms with van der Waals surface area (Å²) < 4.78 is 10.2. The second-order valence-electron chi connectivity index (χ2n) is 4.56. The van der Waals surface area contributed by atoms with Gasteiger partial charge in [0.15, 0.2) is 0 Å². The highest BCUT2D eigenvalue weighted by molar-refractivity contribution is 5.72. The number of rotatable bonds is 5. The Morgan fingerprint density at radius 3 is 2.47 bits per heavy atom. The second kappa shape index (κ2) is 5.36. The van der Waals surface area contributed by atoms with E-state index in [1.165, 1.54) is 12.1 Å². The monoisotopic (exact) mass is 265 g/mol. The zero-order valence-corrected chi connectivity index (χ0v) is 10.6. The lowest BCUT2D eigenvalue weighted by Gasteiger charge is -2.41. The molecule has 1 aromatic carbocycles. The number of ether oxygens (including phenoxy) is 2. The molecule has 1 saturated heterocycles. The number of carbonyl (C=O) groups excluding carboxylic acids is 1. The van der Waals surface area contributed by atoms with Gasteiger partial charge in [0.05, 0.1) is 36.6 Å². The number of nitro groups is 1. The van der Waals surface area contributed by atoms with Crippen LogP contribution in [-0.4, -0.2) is 30.7 Å². The largest absolute Gasteiger partial charge is 0.466 e. The molecule has 0 amide bonds. The van der Waals surface area contributed by atoms with Crippen LogP contribution in [0.3, 0.4) is 0 Å². The SMILES string of the molecule is CCOC(=O)CC1(c2ccc([N+](=O)[O-])cc2)COC1. The van der Waals surface area contributed by atoms with Gasteiger partial charge in [0.1, 0.15) is 0 Å². The highest BCUT2D eigenvalue weighted by Gasteiger charge is 2.42. The average Bonchev–Trinajstić information content (AvgIpc) is 2.34. The molecule has 0 saturated carbocycles. The Bertz CT molecular complexity index is 478. The Kier molecular flexibility index (Phi) is 3.80. The van der Waals surface area contributed by atoms with E-state index >= 15 is 0 Å². The summed E-state index contributed by atoms with van der Waals surface area (Å²) in [6, 6.07) is 6.25. The molecule has 0 atom stereocenters. The van der Waals surface area contributed by atoms with E-state index in [1.807, 2.05) is 0 Å². The topological polar surface area (TPSA) is 78.7 Å². The molecular formula is C13H15NO5. The average molecular weight is 265 g/mol. The maximum atomic E-state index is 11.6. The molecule has 0 N–H and O–H groups in total. The van der Waals surface area contributed by atoms with E-state index in [9.17, 15) is 14.9 Å². The molecule has 0 aromatic heterocycles. The fourth-order valence-corrected chi connectivity index (χ4v) is 2.14. The molecule has 0 radical (unpaired) electrons. The lowest BCUT2D eigenvalue weighted by molar-refractivity contribution is -0.384. The number of benzene rings is 1. The first-order valence-corrected chi connectivity index (χ1v) is 6.06. The summed E-state index contributed by atoms with van der Waals surface area (Å²) in [6.07, 6.45) is 0.235. The van der Waals surface area contributed by atoms with Crippen LogP contribution in [0.1, 0.15) is 18.9 Å².